The van der Waals surface area contributed by atoms with Gasteiger partial charge in [0.25, 0.3) is 0 Å². The largest absolute Gasteiger partial charge is 0.493 e. The molecule has 0 atom stereocenters. The Morgan fingerprint density at radius 2 is 1.69 bits per heavy atom. The minimum Gasteiger partial charge on any atom is -0.493 e. The lowest BCUT2D eigenvalue weighted by Crippen LogP contribution is -2.27. The minimum absolute atomic E-state index is 0.170. The molecule has 0 unspecified atom stereocenters. The van der Waals surface area contributed by atoms with Crippen LogP contribution in [-0.2, 0) is 14.8 Å². The zero-order valence-electron chi connectivity index (χ0n) is 14.9. The number of nitrogens with one attached hydrogen (secondary N) is 2. The lowest BCUT2D eigenvalue weighted by molar-refractivity contribution is -0.116. The third-order valence-corrected chi connectivity index (χ3v) is 4.91. The first kappa shape index (κ1) is 19.9. The number of anilines is 1. The second-order valence-corrected chi connectivity index (χ2v) is 8.00. The second-order valence-electron chi connectivity index (χ2n) is 6.23. The highest BCUT2D eigenvalue weighted by Gasteiger charge is 2.14. The van der Waals surface area contributed by atoms with E-state index in [1.54, 1.807) is 12.1 Å². The van der Waals surface area contributed by atoms with Crippen molar-refractivity contribution in [1.29, 1.82) is 0 Å². The van der Waals surface area contributed by atoms with Crippen LogP contribution in [0.15, 0.2) is 59.5 Å². The van der Waals surface area contributed by atoms with Crippen LogP contribution in [0.5, 0.6) is 5.75 Å². The standard InChI is InChI=1S/C19H24N2O4S/c1-15(2)14-20-26(23,24)18-10-8-16(9-11-18)21-19(22)12-13-25-17-6-4-3-5-7-17/h3-11,15,20H,12-14H2,1-2H3,(H,21,22). The predicted molar refractivity (Wildman–Crippen MR) is 102 cm³/mol. The van der Waals surface area contributed by atoms with Gasteiger partial charge in [-0.1, -0.05) is 32.0 Å². The molecular formula is C19H24N2O4S. The molecule has 0 radical (unpaired) electrons. The molecule has 0 aliphatic heterocycles. The third-order valence-electron chi connectivity index (χ3n) is 3.47. The summed E-state index contributed by atoms with van der Waals surface area (Å²) >= 11 is 0. The molecule has 0 spiro atoms. The molecule has 0 aliphatic carbocycles. The van der Waals surface area contributed by atoms with Crippen molar-refractivity contribution in [2.45, 2.75) is 25.2 Å². The van der Waals surface area contributed by atoms with Crippen LogP contribution >= 0.6 is 0 Å². The number of hydrogen-bond acceptors (Lipinski definition) is 4. The van der Waals surface area contributed by atoms with Gasteiger partial charge in [0, 0.05) is 12.2 Å². The van der Waals surface area contributed by atoms with Gasteiger partial charge in [0.15, 0.2) is 0 Å². The van der Waals surface area contributed by atoms with Gasteiger partial charge in [-0.25, -0.2) is 13.1 Å². The quantitative estimate of drug-likeness (QED) is 0.704. The van der Waals surface area contributed by atoms with Gasteiger partial charge in [0.1, 0.15) is 5.75 Å². The van der Waals surface area contributed by atoms with Crippen molar-refractivity contribution in [2.24, 2.45) is 5.92 Å². The summed E-state index contributed by atoms with van der Waals surface area (Å²) in [6, 6.07) is 15.3. The van der Waals surface area contributed by atoms with E-state index in [-0.39, 0.29) is 29.7 Å². The average molecular weight is 376 g/mol. The van der Waals surface area contributed by atoms with Crippen LogP contribution in [0, 0.1) is 5.92 Å². The van der Waals surface area contributed by atoms with Crippen LogP contribution in [0.25, 0.3) is 0 Å². The molecular weight excluding hydrogens is 352 g/mol. The molecule has 0 aliphatic rings. The molecule has 2 N–H and O–H groups in total. The fraction of sp³-hybridized carbons (Fsp3) is 0.316. The van der Waals surface area contributed by atoms with Gasteiger partial charge in [0.05, 0.1) is 17.9 Å². The van der Waals surface area contributed by atoms with Gasteiger partial charge in [-0.05, 0) is 42.3 Å². The van der Waals surface area contributed by atoms with Crippen molar-refractivity contribution in [3.63, 3.8) is 0 Å². The van der Waals surface area contributed by atoms with Crippen molar-refractivity contribution >= 4 is 21.6 Å². The molecule has 2 rings (SSSR count). The Morgan fingerprint density at radius 3 is 2.31 bits per heavy atom. The Bertz CT molecular complexity index is 803. The maximum Gasteiger partial charge on any atom is 0.240 e. The van der Waals surface area contributed by atoms with Crippen LogP contribution in [0.4, 0.5) is 5.69 Å². The highest BCUT2D eigenvalue weighted by Crippen LogP contribution is 2.15. The summed E-state index contributed by atoms with van der Waals surface area (Å²) in [5.74, 6) is 0.736. The molecule has 0 fully saturated rings. The maximum absolute atomic E-state index is 12.1. The molecule has 2 aromatic rings. The SMILES string of the molecule is CC(C)CNS(=O)(=O)c1ccc(NC(=O)CCOc2ccccc2)cc1. The van der Waals surface area contributed by atoms with Crippen molar-refractivity contribution in [3.8, 4) is 5.75 Å². The van der Waals surface area contributed by atoms with E-state index >= 15 is 0 Å². The molecule has 140 valence electrons. The van der Waals surface area contributed by atoms with Crippen LogP contribution in [0.2, 0.25) is 0 Å². The molecule has 0 aromatic heterocycles. The number of hydrogen-bond donors (Lipinski definition) is 2. The van der Waals surface area contributed by atoms with E-state index < -0.39 is 10.0 Å². The summed E-state index contributed by atoms with van der Waals surface area (Å²) in [7, 11) is -3.53. The van der Waals surface area contributed by atoms with Crippen LogP contribution in [0.3, 0.4) is 0 Å². The number of carbonyl (C=O) groups excluding carboxylic acids is 1. The first-order valence-corrected chi connectivity index (χ1v) is 9.92. The summed E-state index contributed by atoms with van der Waals surface area (Å²) in [5.41, 5.74) is 0.539. The highest BCUT2D eigenvalue weighted by molar-refractivity contribution is 7.89. The smallest absolute Gasteiger partial charge is 0.240 e. The number of sulfonamides is 1. The number of rotatable bonds is 9. The first-order valence-electron chi connectivity index (χ1n) is 8.44. The van der Waals surface area contributed by atoms with E-state index in [1.807, 2.05) is 44.2 Å². The lowest BCUT2D eigenvalue weighted by Gasteiger charge is -2.10. The molecule has 7 heteroatoms. The predicted octanol–water partition coefficient (Wildman–Crippen LogP) is 3.03. The Morgan fingerprint density at radius 1 is 1.04 bits per heavy atom. The Labute approximate surface area is 154 Å². The van der Waals surface area contributed by atoms with Crippen LogP contribution in [-0.4, -0.2) is 27.5 Å². The van der Waals surface area contributed by atoms with Crippen molar-refractivity contribution in [1.82, 2.24) is 4.72 Å². The molecule has 6 nitrogen and oxygen atoms in total. The number of amides is 1. The van der Waals surface area contributed by atoms with Gasteiger partial charge in [-0.2, -0.15) is 0 Å². The lowest BCUT2D eigenvalue weighted by atomic mass is 10.2. The number of ether oxygens (including phenoxy) is 1. The Balaban J connectivity index is 1.83. The van der Waals surface area contributed by atoms with Crippen molar-refractivity contribution in [2.75, 3.05) is 18.5 Å². The Kier molecular flexibility index (Phi) is 7.17. The molecule has 0 heterocycles. The summed E-state index contributed by atoms with van der Waals surface area (Å²) in [5, 5.41) is 2.72. The van der Waals surface area contributed by atoms with Gasteiger partial charge >= 0.3 is 0 Å². The van der Waals surface area contributed by atoms with Crippen LogP contribution in [0.1, 0.15) is 20.3 Å². The van der Waals surface area contributed by atoms with Gasteiger partial charge in [-0.3, -0.25) is 4.79 Å². The molecule has 0 bridgehead atoms. The molecule has 26 heavy (non-hydrogen) atoms. The van der Waals surface area contributed by atoms with Gasteiger partial charge in [-0.15, -0.1) is 0 Å². The number of benzene rings is 2. The second kappa shape index (κ2) is 9.35. The van der Waals surface area contributed by atoms with Gasteiger partial charge in [0.2, 0.25) is 15.9 Å². The normalized spacial score (nSPS) is 11.3. The Hall–Kier alpha value is -2.38. The summed E-state index contributed by atoms with van der Waals surface area (Å²) < 4.78 is 32.3. The minimum atomic E-state index is -3.53. The van der Waals surface area contributed by atoms with E-state index in [0.29, 0.717) is 18.0 Å². The fourth-order valence-electron chi connectivity index (χ4n) is 2.08. The van der Waals surface area contributed by atoms with E-state index in [0.717, 1.165) is 0 Å². The highest BCUT2D eigenvalue weighted by atomic mass is 32.2. The molecule has 0 saturated carbocycles. The third kappa shape index (κ3) is 6.50. The monoisotopic (exact) mass is 376 g/mol. The summed E-state index contributed by atoms with van der Waals surface area (Å²) in [6.07, 6.45) is 0.199. The zero-order valence-corrected chi connectivity index (χ0v) is 15.8. The number of carbonyl (C=O) groups is 1. The summed E-state index contributed by atoms with van der Waals surface area (Å²) in [4.78, 5) is 12.1. The molecule has 0 saturated heterocycles. The van der Waals surface area contributed by atoms with Crippen molar-refractivity contribution < 1.29 is 17.9 Å². The van der Waals surface area contributed by atoms with Crippen molar-refractivity contribution in [3.05, 3.63) is 54.6 Å². The average Bonchev–Trinajstić information content (AvgIpc) is 2.61. The topological polar surface area (TPSA) is 84.5 Å². The number of para-hydroxylation sites is 1. The van der Waals surface area contributed by atoms with E-state index in [2.05, 4.69) is 10.0 Å². The first-order chi connectivity index (χ1) is 12.4. The molecule has 1 amide bonds. The summed E-state index contributed by atoms with van der Waals surface area (Å²) in [6.45, 7) is 4.51. The zero-order chi connectivity index (χ0) is 19.0. The van der Waals surface area contributed by atoms with Crippen LogP contribution < -0.4 is 14.8 Å². The fourth-order valence-corrected chi connectivity index (χ4v) is 3.29. The van der Waals surface area contributed by atoms with E-state index in [9.17, 15) is 13.2 Å². The van der Waals surface area contributed by atoms with E-state index in [1.165, 1.54) is 12.1 Å². The van der Waals surface area contributed by atoms with Gasteiger partial charge < -0.3 is 10.1 Å². The van der Waals surface area contributed by atoms with E-state index in [4.69, 9.17) is 4.74 Å². The maximum atomic E-state index is 12.1. The molecule has 2 aromatic carbocycles.